The van der Waals surface area contributed by atoms with Gasteiger partial charge in [-0.25, -0.2) is 0 Å². The third kappa shape index (κ3) is 12.2. The fourth-order valence-corrected chi connectivity index (χ4v) is 1.58. The van der Waals surface area contributed by atoms with Gasteiger partial charge in [-0.2, -0.15) is 0 Å². The van der Waals surface area contributed by atoms with Crippen molar-refractivity contribution in [1.29, 1.82) is 0 Å². The molecule has 0 spiro atoms. The van der Waals surface area contributed by atoms with Gasteiger partial charge in [-0.1, -0.05) is 6.92 Å². The van der Waals surface area contributed by atoms with E-state index in [1.165, 1.54) is 6.92 Å². The highest BCUT2D eigenvalue weighted by Gasteiger charge is 2.11. The Morgan fingerprint density at radius 3 is 2.25 bits per heavy atom. The molecule has 0 amide bonds. The topological polar surface area (TPSA) is 67.9 Å². The van der Waals surface area contributed by atoms with Crippen LogP contribution in [0, 0.1) is 0 Å². The maximum Gasteiger partial charge on any atom is 0.146 e. The van der Waals surface area contributed by atoms with Crippen LogP contribution in [-0.2, 0) is 19.1 Å². The zero-order valence-corrected chi connectivity index (χ0v) is 12.9. The number of nitrogens with one attached hydrogen (secondary N) is 1. The molecule has 0 unspecified atom stereocenters. The Morgan fingerprint density at radius 2 is 1.70 bits per heavy atom. The van der Waals surface area contributed by atoms with Gasteiger partial charge in [0.1, 0.15) is 11.6 Å². The standard InChI is InChI=1S/C14H28N2O4/c1-4-14(18)12-16(11-13(2)17)6-8-20-10-9-19-7-5-15-3/h15H,4-12H2,1-3H3. The van der Waals surface area contributed by atoms with Gasteiger partial charge in [0.25, 0.3) is 0 Å². The molecule has 1 N–H and O–H groups in total. The van der Waals surface area contributed by atoms with Crippen LogP contribution < -0.4 is 5.32 Å². The molecule has 0 aromatic rings. The Morgan fingerprint density at radius 1 is 1.05 bits per heavy atom. The number of ketones is 2. The van der Waals surface area contributed by atoms with Crippen LogP contribution in [0.4, 0.5) is 0 Å². The highest BCUT2D eigenvalue weighted by atomic mass is 16.5. The van der Waals surface area contributed by atoms with Gasteiger partial charge in [0.2, 0.25) is 0 Å². The first-order valence-corrected chi connectivity index (χ1v) is 7.13. The lowest BCUT2D eigenvalue weighted by atomic mass is 10.2. The van der Waals surface area contributed by atoms with E-state index >= 15 is 0 Å². The highest BCUT2D eigenvalue weighted by molar-refractivity contribution is 5.82. The van der Waals surface area contributed by atoms with E-state index in [9.17, 15) is 9.59 Å². The second-order valence-corrected chi connectivity index (χ2v) is 4.63. The number of carbonyl (C=O) groups is 2. The van der Waals surface area contributed by atoms with Crippen molar-refractivity contribution < 1.29 is 19.1 Å². The second kappa shape index (κ2) is 13.2. The van der Waals surface area contributed by atoms with Crippen molar-refractivity contribution in [3.63, 3.8) is 0 Å². The van der Waals surface area contributed by atoms with E-state index in [0.717, 1.165) is 6.54 Å². The fraction of sp³-hybridized carbons (Fsp3) is 0.857. The van der Waals surface area contributed by atoms with Crippen molar-refractivity contribution in [1.82, 2.24) is 10.2 Å². The normalized spacial score (nSPS) is 11.0. The molecule has 0 aliphatic rings. The van der Waals surface area contributed by atoms with Gasteiger partial charge in [-0.15, -0.1) is 0 Å². The number of nitrogens with zero attached hydrogens (tertiary/aromatic N) is 1. The minimum absolute atomic E-state index is 0.0595. The molecule has 6 heteroatoms. The van der Waals surface area contributed by atoms with Crippen molar-refractivity contribution in [2.24, 2.45) is 0 Å². The summed E-state index contributed by atoms with van der Waals surface area (Å²) in [5.74, 6) is 0.200. The van der Waals surface area contributed by atoms with Crippen LogP contribution in [0.1, 0.15) is 20.3 Å². The highest BCUT2D eigenvalue weighted by Crippen LogP contribution is 1.93. The van der Waals surface area contributed by atoms with E-state index in [1.54, 1.807) is 0 Å². The van der Waals surface area contributed by atoms with Crippen LogP contribution in [0.3, 0.4) is 0 Å². The van der Waals surface area contributed by atoms with Gasteiger partial charge in [0, 0.05) is 19.5 Å². The molecule has 0 aromatic heterocycles. The molecule has 20 heavy (non-hydrogen) atoms. The van der Waals surface area contributed by atoms with E-state index < -0.39 is 0 Å². The van der Waals surface area contributed by atoms with Crippen molar-refractivity contribution in [2.75, 3.05) is 59.7 Å². The lowest BCUT2D eigenvalue weighted by molar-refractivity contribution is -0.122. The molecule has 0 saturated heterocycles. The van der Waals surface area contributed by atoms with Gasteiger partial charge in [0.15, 0.2) is 0 Å². The molecule has 0 heterocycles. The molecular weight excluding hydrogens is 260 g/mol. The third-order valence-corrected chi connectivity index (χ3v) is 2.66. The van der Waals surface area contributed by atoms with Crippen molar-refractivity contribution in [3.8, 4) is 0 Å². The molecule has 0 fully saturated rings. The number of ether oxygens (including phenoxy) is 2. The average molecular weight is 288 g/mol. The van der Waals surface area contributed by atoms with Crippen LogP contribution in [0.15, 0.2) is 0 Å². The Balaban J connectivity index is 3.68. The number of rotatable bonds is 14. The Kier molecular flexibility index (Phi) is 12.6. The number of likely N-dealkylation sites (N-methyl/N-ethyl adjacent to an activating group) is 1. The van der Waals surface area contributed by atoms with E-state index in [0.29, 0.717) is 52.5 Å². The summed E-state index contributed by atoms with van der Waals surface area (Å²) >= 11 is 0. The van der Waals surface area contributed by atoms with Crippen LogP contribution in [0.5, 0.6) is 0 Å². The summed E-state index contributed by atoms with van der Waals surface area (Å²) in [6.45, 7) is 7.63. The fourth-order valence-electron chi connectivity index (χ4n) is 1.58. The molecule has 0 aliphatic heterocycles. The lowest BCUT2D eigenvalue weighted by Crippen LogP contribution is -2.36. The first-order valence-electron chi connectivity index (χ1n) is 7.13. The van der Waals surface area contributed by atoms with Crippen LogP contribution >= 0.6 is 0 Å². The molecule has 0 radical (unpaired) electrons. The third-order valence-electron chi connectivity index (χ3n) is 2.66. The molecule has 118 valence electrons. The smallest absolute Gasteiger partial charge is 0.146 e. The zero-order valence-electron chi connectivity index (χ0n) is 12.9. The summed E-state index contributed by atoms with van der Waals surface area (Å²) < 4.78 is 10.7. The summed E-state index contributed by atoms with van der Waals surface area (Å²) in [4.78, 5) is 24.4. The quantitative estimate of drug-likeness (QED) is 0.458. The van der Waals surface area contributed by atoms with E-state index in [4.69, 9.17) is 9.47 Å². The van der Waals surface area contributed by atoms with Crippen molar-refractivity contribution in [2.45, 2.75) is 20.3 Å². The number of hydrogen-bond donors (Lipinski definition) is 1. The van der Waals surface area contributed by atoms with Crippen molar-refractivity contribution >= 4 is 11.6 Å². The Bertz CT molecular complexity index is 272. The molecular formula is C14H28N2O4. The van der Waals surface area contributed by atoms with Crippen LogP contribution in [-0.4, -0.2) is 76.1 Å². The maximum atomic E-state index is 11.4. The lowest BCUT2D eigenvalue weighted by Gasteiger charge is -2.19. The average Bonchev–Trinajstić information content (AvgIpc) is 2.40. The summed E-state index contributed by atoms with van der Waals surface area (Å²) in [6, 6.07) is 0. The van der Waals surface area contributed by atoms with E-state index in [-0.39, 0.29) is 11.6 Å². The largest absolute Gasteiger partial charge is 0.378 e. The van der Waals surface area contributed by atoms with Gasteiger partial charge in [0.05, 0.1) is 39.5 Å². The first-order chi connectivity index (χ1) is 9.60. The maximum absolute atomic E-state index is 11.4. The number of Topliss-reactive ketones (excluding diaryl/α,β-unsaturated/α-hetero) is 2. The molecule has 0 bridgehead atoms. The predicted molar refractivity (Wildman–Crippen MR) is 78.0 cm³/mol. The molecule has 0 aromatic carbocycles. The van der Waals surface area contributed by atoms with Crippen LogP contribution in [0.2, 0.25) is 0 Å². The van der Waals surface area contributed by atoms with Crippen molar-refractivity contribution in [3.05, 3.63) is 0 Å². The Labute approximate surface area is 121 Å². The van der Waals surface area contributed by atoms with Gasteiger partial charge < -0.3 is 14.8 Å². The summed E-state index contributed by atoms with van der Waals surface area (Å²) in [5, 5.41) is 2.99. The number of carbonyl (C=O) groups excluding carboxylic acids is 2. The minimum atomic E-state index is 0.0595. The summed E-state index contributed by atoms with van der Waals surface area (Å²) in [5.41, 5.74) is 0. The summed E-state index contributed by atoms with van der Waals surface area (Å²) in [6.07, 6.45) is 0.495. The van der Waals surface area contributed by atoms with Crippen LogP contribution in [0.25, 0.3) is 0 Å². The molecule has 0 saturated carbocycles. The second-order valence-electron chi connectivity index (χ2n) is 4.63. The zero-order chi connectivity index (χ0) is 15.2. The molecule has 0 aliphatic carbocycles. The predicted octanol–water partition coefficient (Wildman–Crippen LogP) is 0.109. The Hall–Kier alpha value is -0.820. The van der Waals surface area contributed by atoms with E-state index in [2.05, 4.69) is 5.32 Å². The monoisotopic (exact) mass is 288 g/mol. The molecule has 6 nitrogen and oxygen atoms in total. The van der Waals surface area contributed by atoms with Gasteiger partial charge in [-0.3, -0.25) is 14.5 Å². The molecule has 0 atom stereocenters. The number of hydrogen-bond acceptors (Lipinski definition) is 6. The van der Waals surface area contributed by atoms with Gasteiger partial charge in [-0.05, 0) is 14.0 Å². The first kappa shape index (κ1) is 19.2. The SMILES string of the molecule is CCC(=O)CN(CCOCCOCCNC)CC(C)=O. The van der Waals surface area contributed by atoms with E-state index in [1.807, 2.05) is 18.9 Å². The van der Waals surface area contributed by atoms with Gasteiger partial charge >= 0.3 is 0 Å². The summed E-state index contributed by atoms with van der Waals surface area (Å²) in [7, 11) is 1.88. The molecule has 0 rings (SSSR count). The minimum Gasteiger partial charge on any atom is -0.378 e.